The van der Waals surface area contributed by atoms with Crippen LogP contribution in [-0.4, -0.2) is 36.1 Å². The molecule has 0 saturated carbocycles. The lowest BCUT2D eigenvalue weighted by molar-refractivity contribution is -0.150. The molecule has 15 heavy (non-hydrogen) atoms. The Balaban J connectivity index is 2.51. The second-order valence-corrected chi connectivity index (χ2v) is 4.64. The van der Waals surface area contributed by atoms with E-state index in [4.69, 9.17) is 4.74 Å². The highest BCUT2D eigenvalue weighted by Gasteiger charge is 2.30. The van der Waals surface area contributed by atoms with Crippen molar-refractivity contribution in [3.05, 3.63) is 0 Å². The van der Waals surface area contributed by atoms with Crippen LogP contribution >= 0.6 is 0 Å². The number of rotatable bonds is 3. The first-order valence-electron chi connectivity index (χ1n) is 5.98. The van der Waals surface area contributed by atoms with Crippen LogP contribution in [0.5, 0.6) is 0 Å². The van der Waals surface area contributed by atoms with Gasteiger partial charge < -0.3 is 4.74 Å². The fraction of sp³-hybridized carbons (Fsp3) is 0.917. The lowest BCUT2D eigenvalue weighted by Gasteiger charge is -2.39. The molecule has 3 heteroatoms. The molecule has 3 nitrogen and oxygen atoms in total. The summed E-state index contributed by atoms with van der Waals surface area (Å²) in [7, 11) is 0. The largest absolute Gasteiger partial charge is 0.465 e. The zero-order valence-corrected chi connectivity index (χ0v) is 10.3. The third kappa shape index (κ3) is 3.20. The van der Waals surface area contributed by atoms with Crippen LogP contribution in [-0.2, 0) is 9.53 Å². The van der Waals surface area contributed by atoms with E-state index < -0.39 is 0 Å². The van der Waals surface area contributed by atoms with Crippen molar-refractivity contribution in [3.8, 4) is 0 Å². The highest BCUT2D eigenvalue weighted by atomic mass is 16.5. The number of carbonyl (C=O) groups is 1. The van der Waals surface area contributed by atoms with E-state index in [2.05, 4.69) is 18.7 Å². The van der Waals surface area contributed by atoms with E-state index in [1.165, 1.54) is 12.8 Å². The molecular formula is C12H23NO2. The van der Waals surface area contributed by atoms with Gasteiger partial charge in [0.1, 0.15) is 6.04 Å². The van der Waals surface area contributed by atoms with E-state index in [1.807, 2.05) is 13.8 Å². The number of ether oxygens (including phenoxy) is 1. The van der Waals surface area contributed by atoms with Gasteiger partial charge in [0.2, 0.25) is 0 Å². The van der Waals surface area contributed by atoms with E-state index in [0.29, 0.717) is 12.6 Å². The molecule has 1 fully saturated rings. The van der Waals surface area contributed by atoms with Gasteiger partial charge in [-0.2, -0.15) is 0 Å². The van der Waals surface area contributed by atoms with E-state index in [1.54, 1.807) is 0 Å². The van der Waals surface area contributed by atoms with Gasteiger partial charge in [-0.05, 0) is 46.1 Å². The second kappa shape index (κ2) is 5.50. The van der Waals surface area contributed by atoms with Crippen LogP contribution in [0.3, 0.4) is 0 Å². The van der Waals surface area contributed by atoms with Gasteiger partial charge in [-0.25, -0.2) is 0 Å². The molecule has 88 valence electrons. The first-order chi connectivity index (χ1) is 7.06. The Hall–Kier alpha value is -0.570. The topological polar surface area (TPSA) is 29.5 Å². The van der Waals surface area contributed by atoms with Crippen LogP contribution in [0.4, 0.5) is 0 Å². The zero-order chi connectivity index (χ0) is 11.4. The van der Waals surface area contributed by atoms with Crippen molar-refractivity contribution in [2.24, 2.45) is 5.92 Å². The first kappa shape index (κ1) is 12.5. The number of nitrogens with zero attached hydrogens (tertiary/aromatic N) is 1. The molecule has 0 aromatic carbocycles. The maximum atomic E-state index is 11.6. The molecule has 0 aromatic heterocycles. The normalized spacial score (nSPS) is 29.9. The molecule has 1 saturated heterocycles. The molecule has 0 aromatic rings. The molecule has 3 unspecified atom stereocenters. The van der Waals surface area contributed by atoms with Gasteiger partial charge in [0.25, 0.3) is 0 Å². The molecule has 0 radical (unpaired) electrons. The summed E-state index contributed by atoms with van der Waals surface area (Å²) in [4.78, 5) is 13.9. The predicted octanol–water partition coefficient (Wildman–Crippen LogP) is 2.06. The van der Waals surface area contributed by atoms with Gasteiger partial charge in [-0.15, -0.1) is 0 Å². The fourth-order valence-corrected chi connectivity index (χ4v) is 2.40. The van der Waals surface area contributed by atoms with Crippen molar-refractivity contribution in [1.29, 1.82) is 0 Å². The van der Waals surface area contributed by atoms with Crippen LogP contribution in [0.2, 0.25) is 0 Å². The van der Waals surface area contributed by atoms with Gasteiger partial charge in [0, 0.05) is 6.04 Å². The maximum Gasteiger partial charge on any atom is 0.323 e. The van der Waals surface area contributed by atoms with E-state index in [0.717, 1.165) is 12.5 Å². The van der Waals surface area contributed by atoms with Crippen LogP contribution in [0, 0.1) is 5.92 Å². The van der Waals surface area contributed by atoms with Crippen LogP contribution in [0.15, 0.2) is 0 Å². The summed E-state index contributed by atoms with van der Waals surface area (Å²) in [6.45, 7) is 9.77. The molecule has 0 amide bonds. The van der Waals surface area contributed by atoms with E-state index >= 15 is 0 Å². The Morgan fingerprint density at radius 3 is 2.73 bits per heavy atom. The molecule has 0 bridgehead atoms. The SMILES string of the molecule is CCOC(=O)C(C)N1CCC(C)CC1C. The van der Waals surface area contributed by atoms with Gasteiger partial charge in [-0.1, -0.05) is 6.92 Å². The summed E-state index contributed by atoms with van der Waals surface area (Å²) < 4.78 is 5.05. The summed E-state index contributed by atoms with van der Waals surface area (Å²) in [5, 5.41) is 0. The quantitative estimate of drug-likeness (QED) is 0.672. The minimum Gasteiger partial charge on any atom is -0.465 e. The van der Waals surface area contributed by atoms with Crippen molar-refractivity contribution in [1.82, 2.24) is 4.90 Å². The van der Waals surface area contributed by atoms with Gasteiger partial charge in [-0.3, -0.25) is 9.69 Å². The van der Waals surface area contributed by atoms with Crippen molar-refractivity contribution >= 4 is 5.97 Å². The van der Waals surface area contributed by atoms with Gasteiger partial charge in [0.15, 0.2) is 0 Å². The summed E-state index contributed by atoms with van der Waals surface area (Å²) in [6.07, 6.45) is 2.37. The monoisotopic (exact) mass is 213 g/mol. The smallest absolute Gasteiger partial charge is 0.323 e. The maximum absolute atomic E-state index is 11.6. The average Bonchev–Trinajstić information content (AvgIpc) is 2.17. The average molecular weight is 213 g/mol. The minimum absolute atomic E-state index is 0.0843. The van der Waals surface area contributed by atoms with Crippen LogP contribution in [0.25, 0.3) is 0 Å². The predicted molar refractivity (Wildman–Crippen MR) is 60.7 cm³/mol. The number of esters is 1. The van der Waals surface area contributed by atoms with Crippen LogP contribution < -0.4 is 0 Å². The molecule has 0 N–H and O–H groups in total. The molecule has 1 aliphatic rings. The zero-order valence-electron chi connectivity index (χ0n) is 10.3. The lowest BCUT2D eigenvalue weighted by Crippen LogP contribution is -2.49. The Morgan fingerprint density at radius 2 is 2.20 bits per heavy atom. The molecule has 0 aliphatic carbocycles. The highest BCUT2D eigenvalue weighted by Crippen LogP contribution is 2.24. The minimum atomic E-state index is -0.0903. The number of hydrogen-bond donors (Lipinski definition) is 0. The third-order valence-corrected chi connectivity index (χ3v) is 3.31. The Bertz CT molecular complexity index is 218. The Morgan fingerprint density at radius 1 is 1.53 bits per heavy atom. The van der Waals surface area contributed by atoms with Gasteiger partial charge >= 0.3 is 5.97 Å². The van der Waals surface area contributed by atoms with Crippen molar-refractivity contribution in [2.45, 2.75) is 52.6 Å². The summed E-state index contributed by atoms with van der Waals surface area (Å²) in [6, 6.07) is 0.403. The lowest BCUT2D eigenvalue weighted by atomic mass is 9.92. The summed E-state index contributed by atoms with van der Waals surface area (Å²) in [5.41, 5.74) is 0. The van der Waals surface area contributed by atoms with Crippen molar-refractivity contribution in [3.63, 3.8) is 0 Å². The summed E-state index contributed by atoms with van der Waals surface area (Å²) in [5.74, 6) is 0.699. The molecule has 1 heterocycles. The highest BCUT2D eigenvalue weighted by molar-refractivity contribution is 5.75. The number of hydrogen-bond acceptors (Lipinski definition) is 3. The number of likely N-dealkylation sites (tertiary alicyclic amines) is 1. The fourth-order valence-electron chi connectivity index (χ4n) is 2.40. The van der Waals surface area contributed by atoms with Gasteiger partial charge in [0.05, 0.1) is 6.61 Å². The standard InChI is InChI=1S/C12H23NO2/c1-5-15-12(14)11(4)13-7-6-9(2)8-10(13)3/h9-11H,5-8H2,1-4H3. The third-order valence-electron chi connectivity index (χ3n) is 3.31. The van der Waals surface area contributed by atoms with Crippen molar-refractivity contribution in [2.75, 3.05) is 13.2 Å². The Kier molecular flexibility index (Phi) is 4.58. The van der Waals surface area contributed by atoms with Crippen molar-refractivity contribution < 1.29 is 9.53 Å². The second-order valence-electron chi connectivity index (χ2n) is 4.64. The van der Waals surface area contributed by atoms with E-state index in [9.17, 15) is 4.79 Å². The number of piperidine rings is 1. The molecule has 3 atom stereocenters. The molecule has 1 aliphatic heterocycles. The Labute approximate surface area is 92.8 Å². The first-order valence-corrected chi connectivity index (χ1v) is 5.98. The molecule has 1 rings (SSSR count). The van der Waals surface area contributed by atoms with E-state index in [-0.39, 0.29) is 12.0 Å². The number of carbonyl (C=O) groups excluding carboxylic acids is 1. The molecule has 0 spiro atoms. The van der Waals surface area contributed by atoms with Crippen LogP contribution in [0.1, 0.15) is 40.5 Å². The summed E-state index contributed by atoms with van der Waals surface area (Å²) >= 11 is 0. The molecular weight excluding hydrogens is 190 g/mol.